The van der Waals surface area contributed by atoms with Gasteiger partial charge in [0, 0.05) is 0 Å². The number of halogens is 4. The van der Waals surface area contributed by atoms with E-state index in [0.29, 0.717) is 6.07 Å². The number of ketones is 1. The highest BCUT2D eigenvalue weighted by Crippen LogP contribution is 2.35. The Hall–Kier alpha value is -0.790. The van der Waals surface area contributed by atoms with E-state index in [9.17, 15) is 23.1 Å². The van der Waals surface area contributed by atoms with Crippen molar-refractivity contribution in [1.29, 1.82) is 0 Å². The predicted molar refractivity (Wildman–Crippen MR) is 55.8 cm³/mol. The molecule has 0 saturated heterocycles. The molecule has 6 heteroatoms. The zero-order chi connectivity index (χ0) is 11.8. The van der Waals surface area contributed by atoms with E-state index in [-0.39, 0.29) is 9.13 Å². The summed E-state index contributed by atoms with van der Waals surface area (Å²) >= 11 is 1.55. The van der Waals surface area contributed by atoms with Gasteiger partial charge in [-0.15, -0.1) is 0 Å². The van der Waals surface area contributed by atoms with Crippen molar-refractivity contribution in [2.24, 2.45) is 0 Å². The Kier molecular flexibility index (Phi) is 3.27. The number of Topliss-reactive ketones (excluding diaryl/α,β-unsaturated/α-hetero) is 1. The van der Waals surface area contributed by atoms with E-state index in [1.807, 2.05) is 0 Å². The molecule has 1 rings (SSSR count). The molecule has 0 fully saturated rings. The van der Waals surface area contributed by atoms with Crippen LogP contribution >= 0.6 is 22.6 Å². The van der Waals surface area contributed by atoms with Crippen LogP contribution < -0.4 is 0 Å². The Balaban J connectivity index is 3.43. The van der Waals surface area contributed by atoms with E-state index >= 15 is 0 Å². The molecule has 15 heavy (non-hydrogen) atoms. The minimum absolute atomic E-state index is 0.00706. The first-order chi connectivity index (χ1) is 6.73. The van der Waals surface area contributed by atoms with Crippen molar-refractivity contribution in [3.05, 3.63) is 26.8 Å². The number of alkyl halides is 3. The maximum absolute atomic E-state index is 12.3. The topological polar surface area (TPSA) is 37.3 Å². The predicted octanol–water partition coefficient (Wildman–Crippen LogP) is 3.22. The highest BCUT2D eigenvalue weighted by molar-refractivity contribution is 14.1. The maximum atomic E-state index is 12.3. The van der Waals surface area contributed by atoms with Crippen LogP contribution in [-0.4, -0.2) is 10.9 Å². The number of aromatic hydroxyl groups is 1. The molecule has 0 bridgehead atoms. The van der Waals surface area contributed by atoms with Gasteiger partial charge < -0.3 is 5.11 Å². The van der Waals surface area contributed by atoms with E-state index in [4.69, 9.17) is 0 Å². The van der Waals surface area contributed by atoms with E-state index in [1.54, 1.807) is 22.6 Å². The van der Waals surface area contributed by atoms with E-state index in [1.165, 1.54) is 0 Å². The fourth-order valence-corrected chi connectivity index (χ4v) is 1.66. The van der Waals surface area contributed by atoms with Crippen LogP contribution in [0.1, 0.15) is 22.8 Å². The first-order valence-electron chi connectivity index (χ1n) is 3.84. The fraction of sp³-hybridized carbons (Fsp3) is 0.222. The second kappa shape index (κ2) is 3.99. The van der Waals surface area contributed by atoms with Crippen molar-refractivity contribution in [3.63, 3.8) is 0 Å². The van der Waals surface area contributed by atoms with Crippen LogP contribution in [0.4, 0.5) is 13.2 Å². The molecule has 1 aromatic carbocycles. The zero-order valence-electron chi connectivity index (χ0n) is 7.52. The van der Waals surface area contributed by atoms with Crippen molar-refractivity contribution >= 4 is 28.4 Å². The Morgan fingerprint density at radius 3 is 2.33 bits per heavy atom. The molecular formula is C9H6F3IO2. The van der Waals surface area contributed by atoms with E-state index in [2.05, 4.69) is 0 Å². The van der Waals surface area contributed by atoms with Crippen molar-refractivity contribution in [2.75, 3.05) is 0 Å². The summed E-state index contributed by atoms with van der Waals surface area (Å²) in [5.41, 5.74) is -1.25. The summed E-state index contributed by atoms with van der Waals surface area (Å²) in [5.74, 6) is -1.01. The van der Waals surface area contributed by atoms with Crippen LogP contribution in [0.2, 0.25) is 0 Å². The molecule has 1 N–H and O–H groups in total. The number of carbonyl (C=O) groups is 1. The third-order valence-electron chi connectivity index (χ3n) is 1.77. The summed E-state index contributed by atoms with van der Waals surface area (Å²) in [7, 11) is 0. The molecule has 0 spiro atoms. The zero-order valence-corrected chi connectivity index (χ0v) is 9.68. The number of rotatable bonds is 1. The van der Waals surface area contributed by atoms with Crippen LogP contribution in [0.5, 0.6) is 5.75 Å². The molecule has 1 aromatic rings. The van der Waals surface area contributed by atoms with Gasteiger partial charge >= 0.3 is 6.18 Å². The molecule has 0 radical (unpaired) electrons. The number of phenolic OH excluding ortho intramolecular Hbond substituents is 1. The summed E-state index contributed by atoms with van der Waals surface area (Å²) in [6.07, 6.45) is -4.52. The molecule has 0 aliphatic heterocycles. The number of carbonyl (C=O) groups excluding carboxylic acids is 1. The van der Waals surface area contributed by atoms with Gasteiger partial charge in [0.15, 0.2) is 5.78 Å². The standard InChI is InChI=1S/C9H6F3IO2/c1-4(14)6-2-5(9(10,11)12)3-7(13)8(6)15/h2-3,15H,1H3. The van der Waals surface area contributed by atoms with Gasteiger partial charge in [0.1, 0.15) is 5.75 Å². The third kappa shape index (κ3) is 2.61. The molecule has 0 unspecified atom stereocenters. The van der Waals surface area contributed by atoms with Gasteiger partial charge in [-0.2, -0.15) is 13.2 Å². The average Bonchev–Trinajstić information content (AvgIpc) is 2.06. The van der Waals surface area contributed by atoms with Gasteiger partial charge in [0.2, 0.25) is 0 Å². The molecule has 0 amide bonds. The summed E-state index contributed by atoms with van der Waals surface area (Å²) in [5, 5.41) is 9.36. The lowest BCUT2D eigenvalue weighted by Gasteiger charge is -2.10. The Morgan fingerprint density at radius 1 is 1.40 bits per heavy atom. The SMILES string of the molecule is CC(=O)c1cc(C(F)(F)F)cc(I)c1O. The quantitative estimate of drug-likeness (QED) is 0.634. The van der Waals surface area contributed by atoms with E-state index in [0.717, 1.165) is 13.0 Å². The van der Waals surface area contributed by atoms with Gasteiger partial charge in [-0.3, -0.25) is 4.79 Å². The number of phenols is 1. The second-order valence-corrected chi connectivity index (χ2v) is 4.07. The van der Waals surface area contributed by atoms with Gasteiger partial charge in [0.25, 0.3) is 0 Å². The van der Waals surface area contributed by atoms with Crippen LogP contribution in [0.15, 0.2) is 12.1 Å². The number of benzene rings is 1. The molecule has 0 saturated carbocycles. The van der Waals surface area contributed by atoms with Crippen molar-refractivity contribution in [1.82, 2.24) is 0 Å². The van der Waals surface area contributed by atoms with Crippen molar-refractivity contribution in [2.45, 2.75) is 13.1 Å². The first kappa shape index (κ1) is 12.3. The molecule has 0 atom stereocenters. The first-order valence-corrected chi connectivity index (χ1v) is 4.92. The Bertz CT molecular complexity index is 413. The summed E-state index contributed by atoms with van der Waals surface area (Å²) in [4.78, 5) is 11.0. The fourth-order valence-electron chi connectivity index (χ4n) is 1.03. The Morgan fingerprint density at radius 2 is 1.93 bits per heavy atom. The third-order valence-corrected chi connectivity index (χ3v) is 2.59. The number of hydrogen-bond acceptors (Lipinski definition) is 2. The lowest BCUT2D eigenvalue weighted by molar-refractivity contribution is -0.137. The number of hydrogen-bond donors (Lipinski definition) is 1. The van der Waals surface area contributed by atoms with Gasteiger partial charge in [-0.1, -0.05) is 0 Å². The minimum atomic E-state index is -4.52. The molecule has 0 aliphatic carbocycles. The largest absolute Gasteiger partial charge is 0.506 e. The monoisotopic (exact) mass is 330 g/mol. The lowest BCUT2D eigenvalue weighted by atomic mass is 10.1. The molecular weight excluding hydrogens is 324 g/mol. The molecule has 0 aliphatic rings. The van der Waals surface area contributed by atoms with Gasteiger partial charge in [0.05, 0.1) is 14.7 Å². The summed E-state index contributed by atoms with van der Waals surface area (Å²) in [6, 6.07) is 1.45. The second-order valence-electron chi connectivity index (χ2n) is 2.91. The maximum Gasteiger partial charge on any atom is 0.416 e. The summed E-state index contributed by atoms with van der Waals surface area (Å²) < 4.78 is 37.0. The molecule has 0 aromatic heterocycles. The average molecular weight is 330 g/mol. The molecule has 82 valence electrons. The van der Waals surface area contributed by atoms with Gasteiger partial charge in [-0.25, -0.2) is 0 Å². The van der Waals surface area contributed by atoms with E-state index < -0.39 is 23.3 Å². The van der Waals surface area contributed by atoms with Crippen LogP contribution in [-0.2, 0) is 6.18 Å². The van der Waals surface area contributed by atoms with Crippen LogP contribution in [0.25, 0.3) is 0 Å². The Labute approximate surface area is 97.2 Å². The highest BCUT2D eigenvalue weighted by atomic mass is 127. The minimum Gasteiger partial charge on any atom is -0.506 e. The normalized spacial score (nSPS) is 11.5. The lowest BCUT2D eigenvalue weighted by Crippen LogP contribution is -2.07. The molecule has 2 nitrogen and oxygen atoms in total. The highest BCUT2D eigenvalue weighted by Gasteiger charge is 2.32. The summed E-state index contributed by atoms with van der Waals surface area (Å²) in [6.45, 7) is 1.10. The van der Waals surface area contributed by atoms with Crippen LogP contribution in [0, 0.1) is 3.57 Å². The smallest absolute Gasteiger partial charge is 0.416 e. The van der Waals surface area contributed by atoms with Crippen molar-refractivity contribution in [3.8, 4) is 5.75 Å². The molecule has 0 heterocycles. The van der Waals surface area contributed by atoms with Gasteiger partial charge in [-0.05, 0) is 41.6 Å². The van der Waals surface area contributed by atoms with Crippen LogP contribution in [0.3, 0.4) is 0 Å². The van der Waals surface area contributed by atoms with Crippen molar-refractivity contribution < 1.29 is 23.1 Å².